The van der Waals surface area contributed by atoms with Crippen LogP contribution >= 0.6 is 0 Å². The second-order valence-electron chi connectivity index (χ2n) is 6.24. The Labute approximate surface area is 124 Å². The zero-order valence-electron chi connectivity index (χ0n) is 12.6. The summed E-state index contributed by atoms with van der Waals surface area (Å²) in [4.78, 5) is 29.0. The van der Waals surface area contributed by atoms with Crippen LogP contribution in [0.15, 0.2) is 22.8 Å². The smallest absolute Gasteiger partial charge is 0.246 e. The Morgan fingerprint density at radius 1 is 1.33 bits per heavy atom. The van der Waals surface area contributed by atoms with E-state index in [0.717, 1.165) is 25.1 Å². The average Bonchev–Trinajstić information content (AvgIpc) is 3.10. The first-order chi connectivity index (χ1) is 10.1. The maximum Gasteiger partial charge on any atom is 0.246 e. The topological polar surface area (TPSA) is 53.8 Å². The third-order valence-electron chi connectivity index (χ3n) is 4.50. The third kappa shape index (κ3) is 2.45. The van der Waals surface area contributed by atoms with Crippen molar-refractivity contribution in [2.75, 3.05) is 13.1 Å². The fourth-order valence-electron chi connectivity index (χ4n) is 3.50. The molecule has 1 aromatic heterocycles. The van der Waals surface area contributed by atoms with Crippen LogP contribution in [0.3, 0.4) is 0 Å². The summed E-state index contributed by atoms with van der Waals surface area (Å²) in [5.74, 6) is 1.20. The molecule has 3 rings (SSSR count). The highest BCUT2D eigenvalue weighted by Gasteiger charge is 2.48. The van der Waals surface area contributed by atoms with Crippen LogP contribution in [-0.2, 0) is 16.0 Å². The molecule has 2 fully saturated rings. The molecule has 0 aliphatic carbocycles. The maximum absolute atomic E-state index is 12.7. The number of fused-ring (bicyclic) bond motifs is 1. The molecule has 5 nitrogen and oxygen atoms in total. The molecule has 0 radical (unpaired) electrons. The Morgan fingerprint density at radius 2 is 2.14 bits per heavy atom. The van der Waals surface area contributed by atoms with Gasteiger partial charge in [-0.2, -0.15) is 0 Å². The van der Waals surface area contributed by atoms with Crippen LogP contribution in [0.2, 0.25) is 0 Å². The van der Waals surface area contributed by atoms with E-state index in [-0.39, 0.29) is 29.8 Å². The van der Waals surface area contributed by atoms with Gasteiger partial charge in [0, 0.05) is 19.5 Å². The third-order valence-corrected chi connectivity index (χ3v) is 4.50. The summed E-state index contributed by atoms with van der Waals surface area (Å²) in [7, 11) is 0. The normalized spacial score (nSPS) is 25.9. The van der Waals surface area contributed by atoms with Crippen molar-refractivity contribution in [3.05, 3.63) is 24.2 Å². The van der Waals surface area contributed by atoms with E-state index in [9.17, 15) is 9.59 Å². The maximum atomic E-state index is 12.7. The van der Waals surface area contributed by atoms with Gasteiger partial charge in [-0.25, -0.2) is 0 Å². The van der Waals surface area contributed by atoms with E-state index >= 15 is 0 Å². The molecule has 2 unspecified atom stereocenters. The van der Waals surface area contributed by atoms with Gasteiger partial charge in [-0.3, -0.25) is 9.59 Å². The van der Waals surface area contributed by atoms with Crippen molar-refractivity contribution in [2.24, 2.45) is 5.92 Å². The summed E-state index contributed by atoms with van der Waals surface area (Å²) in [6, 6.07) is 3.19. The molecule has 114 valence electrons. The number of nitrogens with zero attached hydrogens (tertiary/aromatic N) is 2. The number of amides is 2. The minimum absolute atomic E-state index is 0.109. The van der Waals surface area contributed by atoms with Crippen LogP contribution in [0.1, 0.15) is 32.4 Å². The van der Waals surface area contributed by atoms with Gasteiger partial charge in [0.1, 0.15) is 17.8 Å². The molecule has 0 spiro atoms. The van der Waals surface area contributed by atoms with Crippen LogP contribution < -0.4 is 0 Å². The van der Waals surface area contributed by atoms with Crippen LogP contribution in [0.25, 0.3) is 0 Å². The van der Waals surface area contributed by atoms with Gasteiger partial charge in [0.2, 0.25) is 11.8 Å². The highest BCUT2D eigenvalue weighted by Crippen LogP contribution is 2.29. The number of hydrogen-bond acceptors (Lipinski definition) is 3. The van der Waals surface area contributed by atoms with Gasteiger partial charge in [0.05, 0.1) is 6.26 Å². The largest absolute Gasteiger partial charge is 0.469 e. The molecule has 21 heavy (non-hydrogen) atoms. The lowest BCUT2D eigenvalue weighted by atomic mass is 9.95. The Morgan fingerprint density at radius 3 is 2.81 bits per heavy atom. The van der Waals surface area contributed by atoms with Gasteiger partial charge >= 0.3 is 0 Å². The van der Waals surface area contributed by atoms with Gasteiger partial charge in [0.25, 0.3) is 0 Å². The van der Waals surface area contributed by atoms with E-state index in [0.29, 0.717) is 13.0 Å². The Bertz CT molecular complexity index is 524. The van der Waals surface area contributed by atoms with Crippen molar-refractivity contribution in [1.29, 1.82) is 0 Å². The predicted molar refractivity (Wildman–Crippen MR) is 77.5 cm³/mol. The minimum atomic E-state index is -0.332. The molecule has 2 atom stereocenters. The Hall–Kier alpha value is -1.78. The monoisotopic (exact) mass is 290 g/mol. The Balaban J connectivity index is 1.80. The number of rotatable bonds is 4. The van der Waals surface area contributed by atoms with Crippen LogP contribution in [0, 0.1) is 5.92 Å². The van der Waals surface area contributed by atoms with Gasteiger partial charge < -0.3 is 14.2 Å². The molecule has 0 aromatic carbocycles. The molecule has 0 bridgehead atoms. The second kappa shape index (κ2) is 5.54. The summed E-state index contributed by atoms with van der Waals surface area (Å²) in [6.45, 7) is 5.29. The molecule has 3 heterocycles. The summed E-state index contributed by atoms with van der Waals surface area (Å²) in [6.07, 6.45) is 4.02. The quantitative estimate of drug-likeness (QED) is 0.848. The zero-order chi connectivity index (χ0) is 15.0. The van der Waals surface area contributed by atoms with Gasteiger partial charge in [-0.15, -0.1) is 0 Å². The number of furan rings is 1. The van der Waals surface area contributed by atoms with Gasteiger partial charge in [0.15, 0.2) is 0 Å². The molecule has 5 heteroatoms. The lowest BCUT2D eigenvalue weighted by molar-refractivity contribution is -0.161. The minimum Gasteiger partial charge on any atom is -0.469 e. The molecule has 2 amide bonds. The zero-order valence-corrected chi connectivity index (χ0v) is 12.6. The van der Waals surface area contributed by atoms with E-state index < -0.39 is 0 Å². The van der Waals surface area contributed by atoms with Crippen molar-refractivity contribution >= 4 is 11.8 Å². The van der Waals surface area contributed by atoms with Crippen LogP contribution in [-0.4, -0.2) is 46.8 Å². The fourth-order valence-corrected chi connectivity index (χ4v) is 3.50. The average molecular weight is 290 g/mol. The first-order valence-corrected chi connectivity index (χ1v) is 7.73. The summed E-state index contributed by atoms with van der Waals surface area (Å²) in [5, 5.41) is 0. The van der Waals surface area contributed by atoms with Gasteiger partial charge in [-0.05, 0) is 30.9 Å². The number of hydrogen-bond donors (Lipinski definition) is 0. The lowest BCUT2D eigenvalue weighted by Crippen LogP contribution is -2.64. The molecule has 1 aromatic rings. The van der Waals surface area contributed by atoms with Crippen molar-refractivity contribution in [3.8, 4) is 0 Å². The number of carbonyl (C=O) groups excluding carboxylic acids is 2. The summed E-state index contributed by atoms with van der Waals surface area (Å²) < 4.78 is 5.34. The highest BCUT2D eigenvalue weighted by atomic mass is 16.3. The molecule has 0 saturated carbocycles. The van der Waals surface area contributed by atoms with Crippen molar-refractivity contribution in [1.82, 2.24) is 9.80 Å². The summed E-state index contributed by atoms with van der Waals surface area (Å²) >= 11 is 0. The second-order valence-corrected chi connectivity index (χ2v) is 6.24. The highest BCUT2D eigenvalue weighted by molar-refractivity contribution is 5.97. The SMILES string of the molecule is CC(C)C1C(=O)N2CCCC2C(=O)N1CCc1ccco1. The first-order valence-electron chi connectivity index (χ1n) is 7.73. The number of piperazine rings is 1. The van der Waals surface area contributed by atoms with Crippen molar-refractivity contribution < 1.29 is 14.0 Å². The Kier molecular flexibility index (Phi) is 3.74. The number of carbonyl (C=O) groups is 2. The fraction of sp³-hybridized carbons (Fsp3) is 0.625. The van der Waals surface area contributed by atoms with E-state index in [1.54, 1.807) is 16.1 Å². The van der Waals surface area contributed by atoms with E-state index in [1.807, 2.05) is 26.0 Å². The molecule has 2 aliphatic rings. The van der Waals surface area contributed by atoms with Crippen molar-refractivity contribution in [3.63, 3.8) is 0 Å². The molecule has 0 N–H and O–H groups in total. The van der Waals surface area contributed by atoms with Gasteiger partial charge in [-0.1, -0.05) is 13.8 Å². The predicted octanol–water partition coefficient (Wildman–Crippen LogP) is 1.68. The van der Waals surface area contributed by atoms with E-state index in [1.165, 1.54) is 0 Å². The van der Waals surface area contributed by atoms with E-state index in [4.69, 9.17) is 4.42 Å². The standard InChI is InChI=1S/C16H22N2O3/c1-11(2)14-16(20)17-8-3-6-13(17)15(19)18(14)9-7-12-5-4-10-21-12/h4-5,10-11,13-14H,3,6-9H2,1-2H3. The van der Waals surface area contributed by atoms with Crippen LogP contribution in [0.4, 0.5) is 0 Å². The summed E-state index contributed by atoms with van der Waals surface area (Å²) in [5.41, 5.74) is 0. The first kappa shape index (κ1) is 14.2. The molecular formula is C16H22N2O3. The van der Waals surface area contributed by atoms with Crippen molar-refractivity contribution in [2.45, 2.75) is 45.2 Å². The van der Waals surface area contributed by atoms with Crippen LogP contribution in [0.5, 0.6) is 0 Å². The lowest BCUT2D eigenvalue weighted by Gasteiger charge is -2.44. The van der Waals surface area contributed by atoms with E-state index in [2.05, 4.69) is 0 Å². The molecule has 2 aliphatic heterocycles. The molecular weight excluding hydrogens is 268 g/mol. The molecule has 2 saturated heterocycles.